The number of nitrogens with one attached hydrogen (secondary N) is 1. The Morgan fingerprint density at radius 2 is 2.00 bits per heavy atom. The van der Waals surface area contributed by atoms with E-state index in [4.69, 9.17) is 0 Å². The highest BCUT2D eigenvalue weighted by atomic mass is 16.3. The number of carbonyl (C=O) groups excluding carboxylic acids is 1. The second kappa shape index (κ2) is 6.90. The van der Waals surface area contributed by atoms with Crippen LogP contribution in [0.3, 0.4) is 0 Å². The van der Waals surface area contributed by atoms with Crippen LogP contribution in [0.2, 0.25) is 0 Å². The molecule has 2 aliphatic rings. The minimum atomic E-state index is -0.638. The van der Waals surface area contributed by atoms with Gasteiger partial charge in [0.05, 0.1) is 11.6 Å². The van der Waals surface area contributed by atoms with E-state index in [2.05, 4.69) is 19.2 Å². The van der Waals surface area contributed by atoms with Crippen molar-refractivity contribution in [3.8, 4) is 0 Å². The zero-order valence-electron chi connectivity index (χ0n) is 13.0. The normalized spacial score (nSPS) is 34.8. The maximum absolute atomic E-state index is 12.3. The van der Waals surface area contributed by atoms with E-state index < -0.39 is 5.60 Å². The molecule has 1 heterocycles. The van der Waals surface area contributed by atoms with Crippen LogP contribution in [0.1, 0.15) is 58.8 Å². The van der Waals surface area contributed by atoms with E-state index in [1.165, 1.54) is 6.42 Å². The van der Waals surface area contributed by atoms with Crippen LogP contribution in [0.4, 0.5) is 0 Å². The van der Waals surface area contributed by atoms with Crippen molar-refractivity contribution >= 4 is 5.91 Å². The summed E-state index contributed by atoms with van der Waals surface area (Å²) in [5.74, 6) is 0.952. The van der Waals surface area contributed by atoms with Crippen molar-refractivity contribution in [1.82, 2.24) is 10.2 Å². The monoisotopic (exact) mass is 282 g/mol. The fraction of sp³-hybridized carbons (Fsp3) is 0.938. The first-order valence-corrected chi connectivity index (χ1v) is 8.32. The fourth-order valence-electron chi connectivity index (χ4n) is 3.54. The highest BCUT2D eigenvalue weighted by Gasteiger charge is 2.39. The smallest absolute Gasteiger partial charge is 0.239 e. The lowest BCUT2D eigenvalue weighted by molar-refractivity contribution is -0.133. The summed E-state index contributed by atoms with van der Waals surface area (Å²) in [6, 6.07) is -0.0227. The summed E-state index contributed by atoms with van der Waals surface area (Å²) in [4.78, 5) is 14.2. The minimum Gasteiger partial charge on any atom is -0.388 e. The Balaban J connectivity index is 1.83. The van der Waals surface area contributed by atoms with Crippen LogP contribution in [-0.4, -0.2) is 47.2 Å². The van der Waals surface area contributed by atoms with Gasteiger partial charge in [-0.2, -0.15) is 0 Å². The van der Waals surface area contributed by atoms with Gasteiger partial charge in [-0.25, -0.2) is 0 Å². The molecule has 0 aromatic heterocycles. The number of hydrogen-bond acceptors (Lipinski definition) is 3. The Hall–Kier alpha value is -0.610. The number of carbonyl (C=O) groups is 1. The second-order valence-corrected chi connectivity index (χ2v) is 6.63. The lowest BCUT2D eigenvalue weighted by atomic mass is 9.77. The molecule has 1 atom stereocenters. The van der Waals surface area contributed by atoms with Crippen LogP contribution in [0.5, 0.6) is 0 Å². The molecule has 1 aliphatic heterocycles. The number of aliphatic hydroxyl groups is 1. The summed E-state index contributed by atoms with van der Waals surface area (Å²) in [7, 11) is 0. The number of rotatable bonds is 6. The van der Waals surface area contributed by atoms with Gasteiger partial charge in [0.25, 0.3) is 0 Å². The zero-order chi connectivity index (χ0) is 14.6. The van der Waals surface area contributed by atoms with Crippen LogP contribution in [0.15, 0.2) is 0 Å². The minimum absolute atomic E-state index is 0.0227. The summed E-state index contributed by atoms with van der Waals surface area (Å²) < 4.78 is 0. The Morgan fingerprint density at radius 1 is 1.30 bits per heavy atom. The van der Waals surface area contributed by atoms with Crippen molar-refractivity contribution in [3.05, 3.63) is 0 Å². The number of nitrogens with zero attached hydrogens (tertiary/aromatic N) is 1. The van der Waals surface area contributed by atoms with E-state index in [0.717, 1.165) is 57.5 Å². The largest absolute Gasteiger partial charge is 0.388 e. The van der Waals surface area contributed by atoms with E-state index in [9.17, 15) is 9.90 Å². The molecule has 20 heavy (non-hydrogen) atoms. The van der Waals surface area contributed by atoms with Crippen LogP contribution < -0.4 is 5.32 Å². The van der Waals surface area contributed by atoms with E-state index in [-0.39, 0.29) is 11.9 Å². The van der Waals surface area contributed by atoms with Crippen molar-refractivity contribution in [2.45, 2.75) is 70.4 Å². The Labute approximate surface area is 122 Å². The molecule has 0 spiro atoms. The molecule has 0 bridgehead atoms. The van der Waals surface area contributed by atoms with Crippen LogP contribution in [-0.2, 0) is 4.79 Å². The van der Waals surface area contributed by atoms with Crippen molar-refractivity contribution in [2.75, 3.05) is 19.6 Å². The molecule has 1 saturated carbocycles. The van der Waals surface area contributed by atoms with Gasteiger partial charge in [-0.15, -0.1) is 0 Å². The number of likely N-dealkylation sites (tertiary alicyclic amines) is 1. The number of amides is 1. The first-order chi connectivity index (χ1) is 9.58. The van der Waals surface area contributed by atoms with Crippen molar-refractivity contribution in [2.24, 2.45) is 5.92 Å². The maximum Gasteiger partial charge on any atom is 0.239 e. The van der Waals surface area contributed by atoms with Gasteiger partial charge >= 0.3 is 0 Å². The quantitative estimate of drug-likeness (QED) is 0.782. The van der Waals surface area contributed by atoms with Gasteiger partial charge in [0.1, 0.15) is 0 Å². The fourth-order valence-corrected chi connectivity index (χ4v) is 3.54. The van der Waals surface area contributed by atoms with Crippen molar-refractivity contribution in [3.63, 3.8) is 0 Å². The average Bonchev–Trinajstić information content (AvgIpc) is 2.78. The Morgan fingerprint density at radius 3 is 2.60 bits per heavy atom. The molecule has 1 saturated heterocycles. The van der Waals surface area contributed by atoms with Crippen molar-refractivity contribution in [1.29, 1.82) is 0 Å². The predicted molar refractivity (Wildman–Crippen MR) is 80.5 cm³/mol. The summed E-state index contributed by atoms with van der Waals surface area (Å²) >= 11 is 0. The summed E-state index contributed by atoms with van der Waals surface area (Å²) in [6.45, 7) is 6.56. The van der Waals surface area contributed by atoms with Crippen LogP contribution >= 0.6 is 0 Å². The van der Waals surface area contributed by atoms with Gasteiger partial charge in [-0.1, -0.05) is 20.3 Å². The standard InChI is InChI=1S/C16H30N2O2/c1-3-10-17-14-7-11-18(15(14)19)12-16(20)8-5-13(4-2)6-9-16/h13-14,17,20H,3-12H2,1-2H3. The maximum atomic E-state index is 12.3. The Bertz CT molecular complexity index is 324. The number of hydrogen-bond donors (Lipinski definition) is 2. The molecular weight excluding hydrogens is 252 g/mol. The molecule has 1 aliphatic carbocycles. The van der Waals surface area contributed by atoms with Gasteiger partial charge < -0.3 is 15.3 Å². The van der Waals surface area contributed by atoms with Crippen molar-refractivity contribution < 1.29 is 9.90 Å². The third-order valence-electron chi connectivity index (χ3n) is 5.04. The molecule has 0 radical (unpaired) electrons. The molecular formula is C16H30N2O2. The summed E-state index contributed by atoms with van der Waals surface area (Å²) in [5.41, 5.74) is -0.638. The van der Waals surface area contributed by atoms with E-state index >= 15 is 0 Å². The topological polar surface area (TPSA) is 52.6 Å². The van der Waals surface area contributed by atoms with Crippen LogP contribution in [0, 0.1) is 5.92 Å². The van der Waals surface area contributed by atoms with Gasteiger partial charge in [0, 0.05) is 13.1 Å². The van der Waals surface area contributed by atoms with Gasteiger partial charge in [-0.3, -0.25) is 4.79 Å². The highest BCUT2D eigenvalue weighted by molar-refractivity contribution is 5.84. The highest BCUT2D eigenvalue weighted by Crippen LogP contribution is 2.34. The van der Waals surface area contributed by atoms with E-state index in [1.54, 1.807) is 0 Å². The van der Waals surface area contributed by atoms with Gasteiger partial charge in [-0.05, 0) is 51.0 Å². The summed E-state index contributed by atoms with van der Waals surface area (Å²) in [5, 5.41) is 14.0. The molecule has 4 nitrogen and oxygen atoms in total. The first-order valence-electron chi connectivity index (χ1n) is 8.32. The SMILES string of the molecule is CCCNC1CCN(CC2(O)CCC(CC)CC2)C1=O. The molecule has 2 fully saturated rings. The number of β-amino-alcohol motifs (C(OH)–C–C–N with tert-alkyl or cyclic N) is 1. The molecule has 4 heteroatoms. The van der Waals surface area contributed by atoms with Crippen LogP contribution in [0.25, 0.3) is 0 Å². The summed E-state index contributed by atoms with van der Waals surface area (Å²) in [6.07, 6.45) is 7.05. The molecule has 1 amide bonds. The molecule has 2 N–H and O–H groups in total. The molecule has 2 rings (SSSR count). The van der Waals surface area contributed by atoms with E-state index in [1.807, 2.05) is 4.90 Å². The van der Waals surface area contributed by atoms with Gasteiger partial charge in [0.2, 0.25) is 5.91 Å². The lowest BCUT2D eigenvalue weighted by Crippen LogP contribution is -2.48. The predicted octanol–water partition coefficient (Wildman–Crippen LogP) is 1.92. The third-order valence-corrected chi connectivity index (χ3v) is 5.04. The average molecular weight is 282 g/mol. The third kappa shape index (κ3) is 3.73. The van der Waals surface area contributed by atoms with E-state index in [0.29, 0.717) is 6.54 Å². The zero-order valence-corrected chi connectivity index (χ0v) is 13.0. The molecule has 1 unspecified atom stereocenters. The Kier molecular flexibility index (Phi) is 5.44. The molecule has 0 aromatic carbocycles. The molecule has 0 aromatic rings. The van der Waals surface area contributed by atoms with Gasteiger partial charge in [0.15, 0.2) is 0 Å². The second-order valence-electron chi connectivity index (χ2n) is 6.63. The lowest BCUT2D eigenvalue weighted by Gasteiger charge is -2.38. The molecule has 116 valence electrons. The first kappa shape index (κ1) is 15.8.